The van der Waals surface area contributed by atoms with E-state index in [1.165, 1.54) is 0 Å². The molecule has 0 spiro atoms. The van der Waals surface area contributed by atoms with Gasteiger partial charge in [-0.25, -0.2) is 5.43 Å². The molecule has 0 saturated heterocycles. The zero-order chi connectivity index (χ0) is 15.8. The van der Waals surface area contributed by atoms with E-state index in [1.807, 2.05) is 32.0 Å². The predicted octanol–water partition coefficient (Wildman–Crippen LogP) is 2.83. The van der Waals surface area contributed by atoms with E-state index in [0.717, 1.165) is 18.7 Å². The van der Waals surface area contributed by atoms with Crippen LogP contribution in [0, 0.1) is 0 Å². The maximum absolute atomic E-state index is 6.06. The summed E-state index contributed by atoms with van der Waals surface area (Å²) in [6, 6.07) is 7.43. The zero-order valence-electron chi connectivity index (χ0n) is 12.5. The first-order chi connectivity index (χ1) is 10.7. The summed E-state index contributed by atoms with van der Waals surface area (Å²) >= 11 is 6.06. The third-order valence-corrected chi connectivity index (χ3v) is 2.92. The van der Waals surface area contributed by atoms with Crippen LogP contribution in [-0.2, 0) is 0 Å². The minimum absolute atomic E-state index is 0.352. The molecule has 0 fully saturated rings. The minimum Gasteiger partial charge on any atom is -0.354 e. The lowest BCUT2D eigenvalue weighted by Crippen LogP contribution is -2.10. The number of halogens is 1. The summed E-state index contributed by atoms with van der Waals surface area (Å²) in [5, 5.41) is 10.8. The molecule has 3 N–H and O–H groups in total. The second kappa shape index (κ2) is 8.14. The lowest BCUT2D eigenvalue weighted by molar-refractivity contribution is 0.992. The van der Waals surface area contributed by atoms with Gasteiger partial charge in [-0.3, -0.25) is 0 Å². The molecule has 8 heteroatoms. The molecule has 0 aliphatic carbocycles. The average Bonchev–Trinajstić information content (AvgIpc) is 2.50. The first-order valence-electron chi connectivity index (χ1n) is 7.00. The maximum atomic E-state index is 6.06. The second-order valence-electron chi connectivity index (χ2n) is 4.26. The van der Waals surface area contributed by atoms with Gasteiger partial charge >= 0.3 is 0 Å². The molecule has 0 atom stereocenters. The number of nitrogens with one attached hydrogen (secondary N) is 3. The van der Waals surface area contributed by atoms with Gasteiger partial charge in [0.2, 0.25) is 17.8 Å². The molecule has 22 heavy (non-hydrogen) atoms. The van der Waals surface area contributed by atoms with Crippen LogP contribution in [0.3, 0.4) is 0 Å². The molecular weight excluding hydrogens is 302 g/mol. The van der Waals surface area contributed by atoms with Gasteiger partial charge in [-0.1, -0.05) is 29.8 Å². The molecule has 0 aliphatic rings. The van der Waals surface area contributed by atoms with Crippen molar-refractivity contribution >= 4 is 35.7 Å². The highest BCUT2D eigenvalue weighted by molar-refractivity contribution is 6.33. The van der Waals surface area contributed by atoms with Crippen molar-refractivity contribution in [3.63, 3.8) is 0 Å². The number of hydrogen-bond donors (Lipinski definition) is 3. The summed E-state index contributed by atoms with van der Waals surface area (Å²) in [5.74, 6) is 1.33. The predicted molar refractivity (Wildman–Crippen MR) is 90.8 cm³/mol. The van der Waals surface area contributed by atoms with Gasteiger partial charge in [0, 0.05) is 23.7 Å². The normalized spacial score (nSPS) is 10.7. The summed E-state index contributed by atoms with van der Waals surface area (Å²) in [6.07, 6.45) is 1.62. The van der Waals surface area contributed by atoms with Gasteiger partial charge in [0.25, 0.3) is 0 Å². The van der Waals surface area contributed by atoms with E-state index in [-0.39, 0.29) is 0 Å². The van der Waals surface area contributed by atoms with E-state index >= 15 is 0 Å². The van der Waals surface area contributed by atoms with Gasteiger partial charge in [-0.05, 0) is 19.9 Å². The van der Waals surface area contributed by atoms with Crippen molar-refractivity contribution in [2.75, 3.05) is 29.1 Å². The fraction of sp³-hybridized carbons (Fsp3) is 0.286. The van der Waals surface area contributed by atoms with E-state index in [2.05, 4.69) is 36.1 Å². The summed E-state index contributed by atoms with van der Waals surface area (Å²) in [4.78, 5) is 12.7. The molecule has 1 aromatic carbocycles. The molecule has 1 heterocycles. The molecular formula is C14H18ClN7. The molecule has 1 aromatic heterocycles. The number of anilines is 3. The molecule has 116 valence electrons. The molecule has 0 bridgehead atoms. The topological polar surface area (TPSA) is 87.1 Å². The van der Waals surface area contributed by atoms with Crippen molar-refractivity contribution < 1.29 is 0 Å². The smallest absolute Gasteiger partial charge is 0.250 e. The Hall–Kier alpha value is -2.41. The quantitative estimate of drug-likeness (QED) is 0.537. The van der Waals surface area contributed by atoms with Crippen LogP contribution in [0.1, 0.15) is 19.4 Å². The van der Waals surface area contributed by atoms with Gasteiger partial charge in [0.1, 0.15) is 0 Å². The molecule has 2 aromatic rings. The van der Waals surface area contributed by atoms with E-state index in [1.54, 1.807) is 12.3 Å². The van der Waals surface area contributed by atoms with Crippen LogP contribution >= 0.6 is 11.6 Å². The third kappa shape index (κ3) is 4.56. The highest BCUT2D eigenvalue weighted by Crippen LogP contribution is 2.13. The molecule has 7 nitrogen and oxygen atoms in total. The van der Waals surface area contributed by atoms with Gasteiger partial charge in [-0.2, -0.15) is 20.1 Å². The van der Waals surface area contributed by atoms with E-state index < -0.39 is 0 Å². The van der Waals surface area contributed by atoms with Crippen molar-refractivity contribution in [2.45, 2.75) is 13.8 Å². The van der Waals surface area contributed by atoms with Crippen LogP contribution < -0.4 is 16.1 Å². The van der Waals surface area contributed by atoms with E-state index in [4.69, 9.17) is 11.6 Å². The van der Waals surface area contributed by atoms with Crippen molar-refractivity contribution in [1.82, 2.24) is 15.0 Å². The second-order valence-corrected chi connectivity index (χ2v) is 4.67. The molecule has 0 saturated carbocycles. The Morgan fingerprint density at radius 2 is 1.59 bits per heavy atom. The average molecular weight is 320 g/mol. The first kappa shape index (κ1) is 16.0. The lowest BCUT2D eigenvalue weighted by Gasteiger charge is -2.07. The third-order valence-electron chi connectivity index (χ3n) is 2.58. The highest BCUT2D eigenvalue weighted by atomic mass is 35.5. The number of hydrazone groups is 1. The Labute approximate surface area is 134 Å². The van der Waals surface area contributed by atoms with Crippen LogP contribution in [0.4, 0.5) is 17.8 Å². The van der Waals surface area contributed by atoms with Gasteiger partial charge in [0.15, 0.2) is 0 Å². The Morgan fingerprint density at radius 1 is 1.00 bits per heavy atom. The number of aromatic nitrogens is 3. The fourth-order valence-electron chi connectivity index (χ4n) is 1.64. The van der Waals surface area contributed by atoms with Crippen molar-refractivity contribution in [3.8, 4) is 0 Å². The molecule has 0 aliphatic heterocycles. The van der Waals surface area contributed by atoms with Crippen molar-refractivity contribution in [2.24, 2.45) is 5.10 Å². The summed E-state index contributed by atoms with van der Waals surface area (Å²) < 4.78 is 0. The highest BCUT2D eigenvalue weighted by Gasteiger charge is 2.04. The van der Waals surface area contributed by atoms with Crippen LogP contribution in [0.15, 0.2) is 29.4 Å². The Morgan fingerprint density at radius 3 is 2.18 bits per heavy atom. The van der Waals surface area contributed by atoms with Gasteiger partial charge < -0.3 is 10.6 Å². The standard InChI is InChI=1S/C14H18ClN7/c1-3-16-12-19-13(17-4-2)21-14(20-12)22-18-9-10-7-5-6-8-11(10)15/h5-9H,3-4H2,1-2H3,(H3,16,17,19,20,21,22)/b18-9+. The summed E-state index contributed by atoms with van der Waals surface area (Å²) in [6.45, 7) is 5.38. The van der Waals surface area contributed by atoms with Crippen molar-refractivity contribution in [3.05, 3.63) is 34.9 Å². The van der Waals surface area contributed by atoms with Crippen LogP contribution in [0.2, 0.25) is 5.02 Å². The van der Waals surface area contributed by atoms with Crippen molar-refractivity contribution in [1.29, 1.82) is 0 Å². The molecule has 0 radical (unpaired) electrons. The fourth-order valence-corrected chi connectivity index (χ4v) is 1.82. The SMILES string of the molecule is CCNc1nc(NCC)nc(N/N=C/c2ccccc2Cl)n1. The maximum Gasteiger partial charge on any atom is 0.250 e. The molecule has 0 unspecified atom stereocenters. The summed E-state index contributed by atoms with van der Waals surface area (Å²) in [7, 11) is 0. The number of hydrogen-bond acceptors (Lipinski definition) is 7. The van der Waals surface area contributed by atoms with E-state index in [9.17, 15) is 0 Å². The number of rotatable bonds is 7. The Bertz CT molecular complexity index is 621. The van der Waals surface area contributed by atoms with Crippen LogP contribution in [0.25, 0.3) is 0 Å². The Balaban J connectivity index is 2.12. The molecule has 2 rings (SSSR count). The number of nitrogens with zero attached hydrogens (tertiary/aromatic N) is 4. The molecule has 0 amide bonds. The van der Waals surface area contributed by atoms with Crippen LogP contribution in [0.5, 0.6) is 0 Å². The minimum atomic E-state index is 0.352. The first-order valence-corrected chi connectivity index (χ1v) is 7.38. The van der Waals surface area contributed by atoms with Crippen LogP contribution in [-0.4, -0.2) is 34.3 Å². The van der Waals surface area contributed by atoms with Gasteiger partial charge in [-0.15, -0.1) is 0 Å². The Kier molecular flexibility index (Phi) is 5.91. The zero-order valence-corrected chi connectivity index (χ0v) is 13.2. The van der Waals surface area contributed by atoms with Gasteiger partial charge in [0.05, 0.1) is 6.21 Å². The number of benzene rings is 1. The van der Waals surface area contributed by atoms with E-state index in [0.29, 0.717) is 22.9 Å². The monoisotopic (exact) mass is 319 g/mol. The largest absolute Gasteiger partial charge is 0.354 e. The summed E-state index contributed by atoms with van der Waals surface area (Å²) in [5.41, 5.74) is 3.60. The lowest BCUT2D eigenvalue weighted by atomic mass is 10.2.